The minimum absolute atomic E-state index is 0.252. The lowest BCUT2D eigenvalue weighted by atomic mass is 10.0. The number of carbonyl (C=O) groups is 1. The lowest BCUT2D eigenvalue weighted by Gasteiger charge is -2.07. The van der Waals surface area contributed by atoms with Crippen LogP contribution in [0.3, 0.4) is 0 Å². The number of aromatic nitrogens is 1. The van der Waals surface area contributed by atoms with E-state index in [-0.39, 0.29) is 5.56 Å². The zero-order valence-corrected chi connectivity index (χ0v) is 9.77. The van der Waals surface area contributed by atoms with Crippen LogP contribution in [-0.2, 0) is 0 Å². The number of aryl methyl sites for hydroxylation is 2. The van der Waals surface area contributed by atoms with Gasteiger partial charge >= 0.3 is 5.97 Å². The van der Waals surface area contributed by atoms with Crippen LogP contribution in [-0.4, -0.2) is 16.1 Å². The second-order valence-electron chi connectivity index (χ2n) is 3.95. The number of aromatic carboxylic acids is 1. The monoisotopic (exact) mass is 227 g/mol. The van der Waals surface area contributed by atoms with Crippen molar-refractivity contribution >= 4 is 5.97 Å². The summed E-state index contributed by atoms with van der Waals surface area (Å²) < 4.78 is 0. The Morgan fingerprint density at radius 2 is 1.82 bits per heavy atom. The fourth-order valence-electron chi connectivity index (χ4n) is 1.80. The summed E-state index contributed by atoms with van der Waals surface area (Å²) in [5.74, 6) is -0.939. The van der Waals surface area contributed by atoms with Crippen molar-refractivity contribution in [2.45, 2.75) is 13.8 Å². The number of pyridine rings is 1. The average molecular weight is 227 g/mol. The van der Waals surface area contributed by atoms with E-state index in [9.17, 15) is 4.79 Å². The minimum Gasteiger partial charge on any atom is -0.478 e. The summed E-state index contributed by atoms with van der Waals surface area (Å²) in [5.41, 5.74) is 3.77. The summed E-state index contributed by atoms with van der Waals surface area (Å²) in [6.45, 7) is 3.72. The van der Waals surface area contributed by atoms with E-state index >= 15 is 0 Å². The molecule has 0 saturated heterocycles. The van der Waals surface area contributed by atoms with Gasteiger partial charge in [-0.25, -0.2) is 4.79 Å². The van der Waals surface area contributed by atoms with Crippen LogP contribution in [0, 0.1) is 13.8 Å². The Balaban J connectivity index is 2.52. The second kappa shape index (κ2) is 4.37. The molecule has 86 valence electrons. The number of rotatable bonds is 2. The zero-order chi connectivity index (χ0) is 12.4. The molecule has 3 nitrogen and oxygen atoms in total. The molecule has 0 aliphatic rings. The number of hydrogen-bond acceptors (Lipinski definition) is 2. The molecule has 2 aromatic rings. The number of hydrogen-bond donors (Lipinski definition) is 1. The van der Waals surface area contributed by atoms with E-state index in [1.807, 2.05) is 31.2 Å². The predicted molar refractivity (Wildman–Crippen MR) is 66.1 cm³/mol. The standard InChI is InChI=1S/C14H13NO2/c1-9-5-3-4-6-11(9)13-8-7-12(14(16)17)10(2)15-13/h3-8H,1-2H3,(H,16,17). The minimum atomic E-state index is -0.939. The van der Waals surface area contributed by atoms with Crippen LogP contribution in [0.25, 0.3) is 11.3 Å². The molecule has 0 radical (unpaired) electrons. The summed E-state index contributed by atoms with van der Waals surface area (Å²) in [7, 11) is 0. The van der Waals surface area contributed by atoms with E-state index in [0.29, 0.717) is 5.69 Å². The molecule has 3 heteroatoms. The molecule has 0 saturated carbocycles. The summed E-state index contributed by atoms with van der Waals surface area (Å²) in [5, 5.41) is 8.94. The van der Waals surface area contributed by atoms with Crippen LogP contribution in [0.1, 0.15) is 21.6 Å². The third-order valence-electron chi connectivity index (χ3n) is 2.74. The van der Waals surface area contributed by atoms with Crippen molar-refractivity contribution in [1.29, 1.82) is 0 Å². The molecule has 1 heterocycles. The molecule has 0 aliphatic heterocycles. The van der Waals surface area contributed by atoms with Gasteiger partial charge in [-0.2, -0.15) is 0 Å². The van der Waals surface area contributed by atoms with Crippen LogP contribution in [0.5, 0.6) is 0 Å². The van der Waals surface area contributed by atoms with Crippen LogP contribution < -0.4 is 0 Å². The van der Waals surface area contributed by atoms with Crippen LogP contribution in [0.15, 0.2) is 36.4 Å². The van der Waals surface area contributed by atoms with Crippen molar-refractivity contribution in [3.8, 4) is 11.3 Å². The van der Waals surface area contributed by atoms with E-state index in [0.717, 1.165) is 16.8 Å². The van der Waals surface area contributed by atoms with Crippen LogP contribution in [0.4, 0.5) is 0 Å². The summed E-state index contributed by atoms with van der Waals surface area (Å²) >= 11 is 0. The molecule has 0 unspecified atom stereocenters. The van der Waals surface area contributed by atoms with Crippen molar-refractivity contribution in [2.24, 2.45) is 0 Å². The van der Waals surface area contributed by atoms with E-state index in [1.54, 1.807) is 19.1 Å². The van der Waals surface area contributed by atoms with Crippen molar-refractivity contribution in [1.82, 2.24) is 4.98 Å². The highest BCUT2D eigenvalue weighted by Crippen LogP contribution is 2.22. The van der Waals surface area contributed by atoms with Gasteiger partial charge in [0.05, 0.1) is 17.0 Å². The first kappa shape index (κ1) is 11.3. The Labute approximate surface area is 99.8 Å². The molecule has 1 aromatic heterocycles. The van der Waals surface area contributed by atoms with Gasteiger partial charge in [0.25, 0.3) is 0 Å². The Morgan fingerprint density at radius 3 is 2.41 bits per heavy atom. The van der Waals surface area contributed by atoms with Gasteiger partial charge in [0.2, 0.25) is 0 Å². The van der Waals surface area contributed by atoms with Gasteiger partial charge in [-0.1, -0.05) is 24.3 Å². The van der Waals surface area contributed by atoms with Gasteiger partial charge in [-0.05, 0) is 31.5 Å². The first-order chi connectivity index (χ1) is 8.09. The number of carboxylic acids is 1. The smallest absolute Gasteiger partial charge is 0.337 e. The fraction of sp³-hybridized carbons (Fsp3) is 0.143. The molecule has 2 rings (SSSR count). The SMILES string of the molecule is Cc1ccccc1-c1ccc(C(=O)O)c(C)n1. The van der Waals surface area contributed by atoms with Gasteiger partial charge in [-0.15, -0.1) is 0 Å². The third kappa shape index (κ3) is 2.18. The van der Waals surface area contributed by atoms with Crippen LogP contribution >= 0.6 is 0 Å². The van der Waals surface area contributed by atoms with Crippen molar-refractivity contribution in [3.05, 3.63) is 53.2 Å². The van der Waals surface area contributed by atoms with Gasteiger partial charge < -0.3 is 5.11 Å². The van der Waals surface area contributed by atoms with Crippen LogP contribution in [0.2, 0.25) is 0 Å². The van der Waals surface area contributed by atoms with E-state index in [4.69, 9.17) is 5.11 Å². The lowest BCUT2D eigenvalue weighted by molar-refractivity contribution is 0.0695. The molecule has 0 aliphatic carbocycles. The topological polar surface area (TPSA) is 50.2 Å². The number of nitrogens with zero attached hydrogens (tertiary/aromatic N) is 1. The molecular formula is C14H13NO2. The maximum Gasteiger partial charge on any atom is 0.337 e. The number of carboxylic acid groups (broad SMARTS) is 1. The van der Waals surface area contributed by atoms with Crippen molar-refractivity contribution in [2.75, 3.05) is 0 Å². The highest BCUT2D eigenvalue weighted by molar-refractivity contribution is 5.89. The molecule has 0 amide bonds. The normalized spacial score (nSPS) is 10.2. The average Bonchev–Trinajstić information content (AvgIpc) is 2.29. The van der Waals surface area contributed by atoms with Crippen molar-refractivity contribution < 1.29 is 9.90 Å². The fourth-order valence-corrected chi connectivity index (χ4v) is 1.80. The predicted octanol–water partition coefficient (Wildman–Crippen LogP) is 3.06. The molecule has 0 fully saturated rings. The molecule has 0 bridgehead atoms. The highest BCUT2D eigenvalue weighted by Gasteiger charge is 2.10. The van der Waals surface area contributed by atoms with Gasteiger partial charge in [0.15, 0.2) is 0 Å². The third-order valence-corrected chi connectivity index (χ3v) is 2.74. The molecular weight excluding hydrogens is 214 g/mol. The first-order valence-electron chi connectivity index (χ1n) is 5.36. The Bertz CT molecular complexity index is 576. The summed E-state index contributed by atoms with van der Waals surface area (Å²) in [6.07, 6.45) is 0. The maximum absolute atomic E-state index is 10.9. The van der Waals surface area contributed by atoms with E-state index in [1.165, 1.54) is 0 Å². The molecule has 0 atom stereocenters. The largest absolute Gasteiger partial charge is 0.478 e. The molecule has 1 N–H and O–H groups in total. The van der Waals surface area contributed by atoms with Gasteiger partial charge in [0.1, 0.15) is 0 Å². The molecule has 17 heavy (non-hydrogen) atoms. The lowest BCUT2D eigenvalue weighted by Crippen LogP contribution is -2.02. The summed E-state index contributed by atoms with van der Waals surface area (Å²) in [6, 6.07) is 11.3. The summed E-state index contributed by atoms with van der Waals surface area (Å²) in [4.78, 5) is 15.2. The zero-order valence-electron chi connectivity index (χ0n) is 9.77. The molecule has 0 spiro atoms. The Kier molecular flexibility index (Phi) is 2.91. The van der Waals surface area contributed by atoms with Gasteiger partial charge in [0, 0.05) is 5.56 Å². The van der Waals surface area contributed by atoms with Crippen molar-refractivity contribution in [3.63, 3.8) is 0 Å². The molecule has 1 aromatic carbocycles. The second-order valence-corrected chi connectivity index (χ2v) is 3.95. The Morgan fingerprint density at radius 1 is 1.12 bits per heavy atom. The maximum atomic E-state index is 10.9. The van der Waals surface area contributed by atoms with E-state index < -0.39 is 5.97 Å². The van der Waals surface area contributed by atoms with Gasteiger partial charge in [-0.3, -0.25) is 4.98 Å². The first-order valence-corrected chi connectivity index (χ1v) is 5.36. The quantitative estimate of drug-likeness (QED) is 0.857. The van der Waals surface area contributed by atoms with E-state index in [2.05, 4.69) is 4.98 Å². The number of benzene rings is 1. The Hall–Kier alpha value is -2.16. The highest BCUT2D eigenvalue weighted by atomic mass is 16.4.